The van der Waals surface area contributed by atoms with Crippen LogP contribution < -0.4 is 5.32 Å². The lowest BCUT2D eigenvalue weighted by atomic mass is 9.47. The zero-order valence-corrected chi connectivity index (χ0v) is 19.0. The predicted molar refractivity (Wildman–Crippen MR) is 119 cm³/mol. The van der Waals surface area contributed by atoms with Crippen molar-refractivity contribution in [3.05, 3.63) is 11.6 Å². The normalized spacial score (nSPS) is 44.0. The Labute approximate surface area is 182 Å². The van der Waals surface area contributed by atoms with Crippen molar-refractivity contribution in [2.45, 2.75) is 96.9 Å². The molecule has 5 rings (SSSR count). The van der Waals surface area contributed by atoms with Gasteiger partial charge in [0.25, 0.3) is 0 Å². The summed E-state index contributed by atoms with van der Waals surface area (Å²) in [4.78, 5) is 27.8. The third-order valence-electron chi connectivity index (χ3n) is 10.0. The number of likely N-dealkylation sites (tertiary alicyclic amines) is 1. The maximum atomic E-state index is 13.6. The second-order valence-electron chi connectivity index (χ2n) is 11.4. The van der Waals surface area contributed by atoms with Crippen molar-refractivity contribution < 1.29 is 9.59 Å². The van der Waals surface area contributed by atoms with E-state index in [1.807, 2.05) is 0 Å². The molecule has 0 bridgehead atoms. The van der Waals surface area contributed by atoms with Gasteiger partial charge in [0.2, 0.25) is 11.8 Å². The van der Waals surface area contributed by atoms with E-state index >= 15 is 0 Å². The summed E-state index contributed by atoms with van der Waals surface area (Å²) in [7, 11) is 0. The number of carbonyl (C=O) groups is 2. The molecule has 0 aromatic carbocycles. The van der Waals surface area contributed by atoms with Crippen molar-refractivity contribution in [3.63, 3.8) is 0 Å². The molecule has 30 heavy (non-hydrogen) atoms. The number of amides is 2. The summed E-state index contributed by atoms with van der Waals surface area (Å²) in [5.74, 6) is 2.61. The third kappa shape index (κ3) is 3.15. The van der Waals surface area contributed by atoms with Crippen LogP contribution >= 0.6 is 0 Å². The van der Waals surface area contributed by atoms with Crippen molar-refractivity contribution in [1.29, 1.82) is 0 Å². The molecule has 4 fully saturated rings. The van der Waals surface area contributed by atoms with Crippen LogP contribution in [0.25, 0.3) is 0 Å². The molecule has 0 aromatic rings. The first-order chi connectivity index (χ1) is 14.4. The van der Waals surface area contributed by atoms with Crippen LogP contribution in [0.15, 0.2) is 11.6 Å². The third-order valence-corrected chi connectivity index (χ3v) is 10.0. The average molecular weight is 413 g/mol. The van der Waals surface area contributed by atoms with Gasteiger partial charge in [-0.25, -0.2) is 0 Å². The van der Waals surface area contributed by atoms with E-state index in [1.165, 1.54) is 32.1 Å². The Balaban J connectivity index is 1.35. The van der Waals surface area contributed by atoms with Crippen molar-refractivity contribution in [3.8, 4) is 0 Å². The molecule has 1 N–H and O–H groups in total. The molecule has 0 spiro atoms. The van der Waals surface area contributed by atoms with Gasteiger partial charge in [-0.1, -0.05) is 39.2 Å². The fourth-order valence-electron chi connectivity index (χ4n) is 8.22. The number of nitrogens with zero attached hydrogens (tertiary/aromatic N) is 1. The van der Waals surface area contributed by atoms with Gasteiger partial charge in [-0.3, -0.25) is 9.59 Å². The number of nitrogens with one attached hydrogen (secondary N) is 1. The lowest BCUT2D eigenvalue weighted by Crippen LogP contribution is -2.61. The molecule has 0 unspecified atom stereocenters. The molecule has 2 aliphatic heterocycles. The molecule has 0 aromatic heterocycles. The molecule has 2 saturated carbocycles. The Hall–Kier alpha value is -1.32. The summed E-state index contributed by atoms with van der Waals surface area (Å²) in [5.41, 5.74) is 1.45. The highest BCUT2D eigenvalue weighted by atomic mass is 16.2. The minimum absolute atomic E-state index is 0.0573. The highest BCUT2D eigenvalue weighted by Gasteiger charge is 2.59. The largest absolute Gasteiger partial charge is 0.353 e. The van der Waals surface area contributed by atoms with Crippen molar-refractivity contribution >= 4 is 11.8 Å². The van der Waals surface area contributed by atoms with E-state index < -0.39 is 0 Å². The SMILES string of the molecule is C[C@]12CCC(=O)N[C@@H]1CC[C@@H]1[C@@H]2CC[C@]2(C)C(C(=O)N3CCCCCCC3)=CC[C@@H]12. The molecular weight excluding hydrogens is 372 g/mol. The molecule has 3 aliphatic carbocycles. The van der Waals surface area contributed by atoms with Crippen molar-refractivity contribution in [1.82, 2.24) is 10.2 Å². The van der Waals surface area contributed by atoms with Crippen LogP contribution in [0.5, 0.6) is 0 Å². The van der Waals surface area contributed by atoms with Gasteiger partial charge >= 0.3 is 0 Å². The Bertz CT molecular complexity index is 737. The summed E-state index contributed by atoms with van der Waals surface area (Å²) in [6.07, 6.45) is 16.0. The van der Waals surface area contributed by atoms with E-state index in [2.05, 4.69) is 30.1 Å². The van der Waals surface area contributed by atoms with Gasteiger partial charge in [0.15, 0.2) is 0 Å². The van der Waals surface area contributed by atoms with Gasteiger partial charge in [-0.15, -0.1) is 0 Å². The van der Waals surface area contributed by atoms with Crippen LogP contribution in [0.4, 0.5) is 0 Å². The maximum absolute atomic E-state index is 13.6. The Morgan fingerprint density at radius 3 is 2.50 bits per heavy atom. The zero-order chi connectivity index (χ0) is 20.9. The standard InChI is InChI=1S/C26H40N2O2/c1-25-14-12-20-18(8-11-22-26(20,2)15-13-23(29)27-22)19(25)9-10-21(25)24(30)28-16-6-4-3-5-7-17-28/h10,18-20,22H,3-9,11-17H2,1-2H3,(H,27,29)/t18-,19-,20-,22+,25-,26+/m0/s1. The number of hydrogen-bond acceptors (Lipinski definition) is 2. The Morgan fingerprint density at radius 1 is 1.00 bits per heavy atom. The van der Waals surface area contributed by atoms with E-state index in [0.29, 0.717) is 36.1 Å². The fraction of sp³-hybridized carbons (Fsp3) is 0.846. The van der Waals surface area contributed by atoms with Gasteiger partial charge in [-0.2, -0.15) is 0 Å². The smallest absolute Gasteiger partial charge is 0.250 e. The summed E-state index contributed by atoms with van der Waals surface area (Å²) in [5, 5.41) is 3.33. The molecule has 2 saturated heterocycles. The monoisotopic (exact) mass is 412 g/mol. The molecule has 2 heterocycles. The van der Waals surface area contributed by atoms with E-state index in [0.717, 1.165) is 57.2 Å². The number of piperidine rings is 1. The van der Waals surface area contributed by atoms with E-state index in [4.69, 9.17) is 0 Å². The lowest BCUT2D eigenvalue weighted by Gasteiger charge is -2.60. The van der Waals surface area contributed by atoms with Crippen LogP contribution in [0.3, 0.4) is 0 Å². The molecule has 5 aliphatic rings. The maximum Gasteiger partial charge on any atom is 0.250 e. The summed E-state index contributed by atoms with van der Waals surface area (Å²) in [6, 6.07) is 0.362. The van der Waals surface area contributed by atoms with Crippen molar-refractivity contribution in [2.75, 3.05) is 13.1 Å². The van der Waals surface area contributed by atoms with Gasteiger partial charge < -0.3 is 10.2 Å². The lowest BCUT2D eigenvalue weighted by molar-refractivity contribution is -0.137. The minimum atomic E-state index is 0.0573. The predicted octanol–water partition coefficient (Wildman–Crippen LogP) is 4.84. The number of hydrogen-bond donors (Lipinski definition) is 1. The van der Waals surface area contributed by atoms with Crippen LogP contribution in [0.2, 0.25) is 0 Å². The zero-order valence-electron chi connectivity index (χ0n) is 19.0. The van der Waals surface area contributed by atoms with Gasteiger partial charge in [0, 0.05) is 36.5 Å². The molecule has 2 amide bonds. The number of allylic oxidation sites excluding steroid dienone is 1. The highest BCUT2D eigenvalue weighted by molar-refractivity contribution is 5.95. The van der Waals surface area contributed by atoms with Crippen molar-refractivity contribution in [2.24, 2.45) is 28.6 Å². The molecule has 4 nitrogen and oxygen atoms in total. The van der Waals surface area contributed by atoms with Gasteiger partial charge in [-0.05, 0) is 74.5 Å². The first kappa shape index (κ1) is 20.6. The second kappa shape index (κ2) is 7.67. The minimum Gasteiger partial charge on any atom is -0.353 e. The molecule has 0 radical (unpaired) electrons. The molecule has 6 atom stereocenters. The Morgan fingerprint density at radius 2 is 1.73 bits per heavy atom. The van der Waals surface area contributed by atoms with Gasteiger partial charge in [0.05, 0.1) is 0 Å². The first-order valence-electron chi connectivity index (χ1n) is 12.7. The van der Waals surface area contributed by atoms with Crippen LogP contribution in [0, 0.1) is 28.6 Å². The molecule has 166 valence electrons. The second-order valence-corrected chi connectivity index (χ2v) is 11.4. The average Bonchev–Trinajstić information content (AvgIpc) is 3.05. The van der Waals surface area contributed by atoms with E-state index in [1.54, 1.807) is 0 Å². The van der Waals surface area contributed by atoms with Crippen LogP contribution in [0.1, 0.15) is 90.9 Å². The number of fused-ring (bicyclic) bond motifs is 5. The van der Waals surface area contributed by atoms with E-state index in [-0.39, 0.29) is 16.7 Å². The summed E-state index contributed by atoms with van der Waals surface area (Å²) < 4.78 is 0. The summed E-state index contributed by atoms with van der Waals surface area (Å²) in [6.45, 7) is 6.75. The van der Waals surface area contributed by atoms with E-state index in [9.17, 15) is 9.59 Å². The first-order valence-corrected chi connectivity index (χ1v) is 12.7. The van der Waals surface area contributed by atoms with Gasteiger partial charge in [0.1, 0.15) is 0 Å². The number of carbonyl (C=O) groups excluding carboxylic acids is 2. The number of rotatable bonds is 1. The Kier molecular flexibility index (Phi) is 5.26. The van der Waals surface area contributed by atoms with Crippen LogP contribution in [-0.2, 0) is 9.59 Å². The highest BCUT2D eigenvalue weighted by Crippen LogP contribution is 2.64. The topological polar surface area (TPSA) is 49.4 Å². The molecule has 4 heteroatoms. The molecular formula is C26H40N2O2. The fourth-order valence-corrected chi connectivity index (χ4v) is 8.22. The van der Waals surface area contributed by atoms with Crippen LogP contribution in [-0.4, -0.2) is 35.8 Å². The summed E-state index contributed by atoms with van der Waals surface area (Å²) >= 11 is 0. The quantitative estimate of drug-likeness (QED) is 0.670.